The van der Waals surface area contributed by atoms with Crippen LogP contribution < -0.4 is 0 Å². The molecule has 1 heterocycles. The van der Waals surface area contributed by atoms with Crippen LogP contribution in [-0.4, -0.2) is 41.3 Å². The van der Waals surface area contributed by atoms with Gasteiger partial charge in [-0.2, -0.15) is 13.2 Å². The van der Waals surface area contributed by atoms with Crippen molar-refractivity contribution in [2.75, 3.05) is 13.2 Å². The van der Waals surface area contributed by atoms with Crippen molar-refractivity contribution in [3.8, 4) is 0 Å². The Balaban J connectivity index is 2.63. The molecule has 16 heavy (non-hydrogen) atoms. The summed E-state index contributed by atoms with van der Waals surface area (Å²) in [6.07, 6.45) is -2.86. The highest BCUT2D eigenvalue weighted by Gasteiger charge is 2.35. The Labute approximate surface area is 92.2 Å². The Morgan fingerprint density at radius 3 is 2.56 bits per heavy atom. The zero-order valence-corrected chi connectivity index (χ0v) is 8.96. The lowest BCUT2D eigenvalue weighted by Gasteiger charge is -2.29. The monoisotopic (exact) mass is 239 g/mol. The summed E-state index contributed by atoms with van der Waals surface area (Å²) in [5, 5.41) is 9.06. The van der Waals surface area contributed by atoms with Gasteiger partial charge >= 0.3 is 6.18 Å². The second-order valence-electron chi connectivity index (χ2n) is 4.06. The summed E-state index contributed by atoms with van der Waals surface area (Å²) in [4.78, 5) is 12.6. The van der Waals surface area contributed by atoms with Crippen molar-refractivity contribution in [2.45, 2.75) is 44.3 Å². The van der Waals surface area contributed by atoms with Crippen molar-refractivity contribution < 1.29 is 23.1 Å². The average Bonchev–Trinajstić information content (AvgIpc) is 2.39. The van der Waals surface area contributed by atoms with Gasteiger partial charge in [-0.05, 0) is 12.8 Å². The Morgan fingerprint density at radius 1 is 1.31 bits per heavy atom. The number of hydrogen-bond acceptors (Lipinski definition) is 2. The number of halogens is 3. The van der Waals surface area contributed by atoms with E-state index < -0.39 is 24.5 Å². The standard InChI is InChI=1S/C10H16F3NO2/c11-10(12,13)6-9(16)14-5-3-1-2-4-8(14)7-15/h8,15H,1-7H2. The molecule has 1 aliphatic rings. The lowest BCUT2D eigenvalue weighted by atomic mass is 10.1. The molecule has 0 aromatic rings. The zero-order valence-electron chi connectivity index (χ0n) is 8.96. The Morgan fingerprint density at radius 2 is 2.00 bits per heavy atom. The maximum Gasteiger partial charge on any atom is 0.397 e. The molecule has 1 N–H and O–H groups in total. The number of nitrogens with zero attached hydrogens (tertiary/aromatic N) is 1. The molecule has 0 bridgehead atoms. The highest BCUT2D eigenvalue weighted by Crippen LogP contribution is 2.24. The van der Waals surface area contributed by atoms with Gasteiger partial charge < -0.3 is 10.0 Å². The average molecular weight is 239 g/mol. The third-order valence-electron chi connectivity index (χ3n) is 2.76. The van der Waals surface area contributed by atoms with Gasteiger partial charge in [0.1, 0.15) is 6.42 Å². The summed E-state index contributed by atoms with van der Waals surface area (Å²) in [5.74, 6) is -0.923. The van der Waals surface area contributed by atoms with Crippen LogP contribution in [0.15, 0.2) is 0 Å². The van der Waals surface area contributed by atoms with Crippen LogP contribution in [0.4, 0.5) is 13.2 Å². The van der Waals surface area contributed by atoms with Crippen LogP contribution in [-0.2, 0) is 4.79 Å². The van der Waals surface area contributed by atoms with E-state index in [-0.39, 0.29) is 6.61 Å². The number of carbonyl (C=O) groups is 1. The van der Waals surface area contributed by atoms with Gasteiger partial charge in [-0.1, -0.05) is 12.8 Å². The first-order chi connectivity index (χ1) is 7.44. The van der Waals surface area contributed by atoms with E-state index in [1.807, 2.05) is 0 Å². The fraction of sp³-hybridized carbons (Fsp3) is 0.900. The number of aliphatic hydroxyl groups excluding tert-OH is 1. The first-order valence-electron chi connectivity index (χ1n) is 5.41. The fourth-order valence-corrected chi connectivity index (χ4v) is 1.97. The molecule has 3 nitrogen and oxygen atoms in total. The molecule has 0 saturated carbocycles. The zero-order chi connectivity index (χ0) is 12.2. The first kappa shape index (κ1) is 13.3. The van der Waals surface area contributed by atoms with Crippen molar-refractivity contribution in [3.05, 3.63) is 0 Å². The number of likely N-dealkylation sites (tertiary alicyclic amines) is 1. The van der Waals surface area contributed by atoms with E-state index in [9.17, 15) is 18.0 Å². The van der Waals surface area contributed by atoms with Crippen molar-refractivity contribution in [2.24, 2.45) is 0 Å². The lowest BCUT2D eigenvalue weighted by molar-refractivity contribution is -0.163. The van der Waals surface area contributed by atoms with Gasteiger partial charge in [0.15, 0.2) is 0 Å². The third-order valence-corrected chi connectivity index (χ3v) is 2.76. The van der Waals surface area contributed by atoms with Crippen LogP contribution in [0.25, 0.3) is 0 Å². The highest BCUT2D eigenvalue weighted by molar-refractivity contribution is 5.77. The SMILES string of the molecule is O=C(CC(F)(F)F)N1CCCCCC1CO. The van der Waals surface area contributed by atoms with E-state index in [1.54, 1.807) is 0 Å². The molecule has 1 fully saturated rings. The second kappa shape index (κ2) is 5.52. The minimum Gasteiger partial charge on any atom is -0.394 e. The van der Waals surface area contributed by atoms with Gasteiger partial charge in [0, 0.05) is 6.54 Å². The lowest BCUT2D eigenvalue weighted by Crippen LogP contribution is -2.43. The summed E-state index contributed by atoms with van der Waals surface area (Å²) >= 11 is 0. The van der Waals surface area contributed by atoms with Crippen molar-refractivity contribution in [1.82, 2.24) is 4.90 Å². The van der Waals surface area contributed by atoms with Crippen molar-refractivity contribution in [3.63, 3.8) is 0 Å². The minimum atomic E-state index is -4.47. The largest absolute Gasteiger partial charge is 0.397 e. The van der Waals surface area contributed by atoms with Gasteiger partial charge in [-0.25, -0.2) is 0 Å². The molecule has 1 rings (SSSR count). The van der Waals surface area contributed by atoms with Crippen LogP contribution >= 0.6 is 0 Å². The predicted octanol–water partition coefficient (Wildman–Crippen LogP) is 1.70. The molecular formula is C10H16F3NO2. The van der Waals surface area contributed by atoms with Gasteiger partial charge in [0.05, 0.1) is 12.6 Å². The molecular weight excluding hydrogens is 223 g/mol. The summed E-state index contributed by atoms with van der Waals surface area (Å²) in [6.45, 7) is 0.0593. The third kappa shape index (κ3) is 4.00. The molecule has 1 aliphatic heterocycles. The van der Waals surface area contributed by atoms with Crippen LogP contribution in [0.5, 0.6) is 0 Å². The number of amides is 1. The van der Waals surface area contributed by atoms with Crippen molar-refractivity contribution in [1.29, 1.82) is 0 Å². The topological polar surface area (TPSA) is 40.5 Å². The maximum absolute atomic E-state index is 12.1. The molecule has 0 spiro atoms. The quantitative estimate of drug-likeness (QED) is 0.796. The summed E-state index contributed by atoms with van der Waals surface area (Å²) < 4.78 is 36.3. The Hall–Kier alpha value is -0.780. The summed E-state index contributed by atoms with van der Waals surface area (Å²) in [6, 6.07) is -0.447. The highest BCUT2D eigenvalue weighted by atomic mass is 19.4. The van der Waals surface area contributed by atoms with Crippen LogP contribution in [0.2, 0.25) is 0 Å². The fourth-order valence-electron chi connectivity index (χ4n) is 1.97. The molecule has 1 amide bonds. The van der Waals surface area contributed by atoms with Gasteiger partial charge in [0.25, 0.3) is 0 Å². The molecule has 94 valence electrons. The molecule has 0 aromatic heterocycles. The Kier molecular flexibility index (Phi) is 4.58. The molecule has 6 heteroatoms. The van der Waals surface area contributed by atoms with Gasteiger partial charge in [-0.15, -0.1) is 0 Å². The minimum absolute atomic E-state index is 0.260. The predicted molar refractivity (Wildman–Crippen MR) is 51.7 cm³/mol. The van der Waals surface area contributed by atoms with Crippen molar-refractivity contribution >= 4 is 5.91 Å². The number of alkyl halides is 3. The number of hydrogen-bond donors (Lipinski definition) is 1. The molecule has 0 radical (unpaired) electrons. The van der Waals surface area contributed by atoms with E-state index in [4.69, 9.17) is 5.11 Å². The molecule has 1 unspecified atom stereocenters. The number of aliphatic hydroxyl groups is 1. The molecule has 0 aromatic carbocycles. The van der Waals surface area contributed by atoms with E-state index in [2.05, 4.69) is 0 Å². The number of rotatable bonds is 2. The molecule has 1 saturated heterocycles. The summed E-state index contributed by atoms with van der Waals surface area (Å²) in [5.41, 5.74) is 0. The molecule has 0 aliphatic carbocycles. The first-order valence-corrected chi connectivity index (χ1v) is 5.41. The number of carbonyl (C=O) groups excluding carboxylic acids is 1. The van der Waals surface area contributed by atoms with E-state index in [0.717, 1.165) is 12.8 Å². The summed E-state index contributed by atoms with van der Waals surface area (Å²) in [7, 11) is 0. The van der Waals surface area contributed by atoms with E-state index in [1.165, 1.54) is 4.90 Å². The smallest absolute Gasteiger partial charge is 0.394 e. The van der Waals surface area contributed by atoms with E-state index >= 15 is 0 Å². The second-order valence-corrected chi connectivity index (χ2v) is 4.06. The van der Waals surface area contributed by atoms with Crippen LogP contribution in [0, 0.1) is 0 Å². The van der Waals surface area contributed by atoms with Gasteiger partial charge in [0.2, 0.25) is 5.91 Å². The Bertz CT molecular complexity index is 243. The normalized spacial score (nSPS) is 23.0. The van der Waals surface area contributed by atoms with E-state index in [0.29, 0.717) is 19.4 Å². The van der Waals surface area contributed by atoms with Crippen LogP contribution in [0.3, 0.4) is 0 Å². The maximum atomic E-state index is 12.1. The van der Waals surface area contributed by atoms with Crippen LogP contribution in [0.1, 0.15) is 32.1 Å². The molecule has 1 atom stereocenters. The van der Waals surface area contributed by atoms with Gasteiger partial charge in [-0.3, -0.25) is 4.79 Å².